The van der Waals surface area contributed by atoms with Gasteiger partial charge in [0.25, 0.3) is 0 Å². The van der Waals surface area contributed by atoms with Crippen LogP contribution in [0.1, 0.15) is 70.8 Å². The molecule has 2 heteroatoms. The number of hydrogen-bond donors (Lipinski definition) is 0. The highest BCUT2D eigenvalue weighted by Crippen LogP contribution is 2.32. The van der Waals surface area contributed by atoms with Gasteiger partial charge in [-0.1, -0.05) is 75.8 Å². The molecule has 1 rings (SSSR count). The fourth-order valence-corrected chi connectivity index (χ4v) is 2.82. The number of benzene rings is 1. The van der Waals surface area contributed by atoms with Crippen molar-refractivity contribution in [3.05, 3.63) is 35.9 Å². The van der Waals surface area contributed by atoms with E-state index in [2.05, 4.69) is 19.1 Å². The monoisotopic (exact) mass is 292 g/mol. The van der Waals surface area contributed by atoms with Crippen LogP contribution in [0.15, 0.2) is 30.3 Å². The van der Waals surface area contributed by atoms with Crippen molar-refractivity contribution in [1.29, 1.82) is 0 Å². The Morgan fingerprint density at radius 2 is 1.48 bits per heavy atom. The van der Waals surface area contributed by atoms with E-state index in [0.29, 0.717) is 6.61 Å². The molecule has 0 N–H and O–H groups in total. The molecular weight excluding hydrogens is 260 g/mol. The van der Waals surface area contributed by atoms with Gasteiger partial charge in [-0.15, -0.1) is 0 Å². The Labute approximate surface area is 130 Å². The van der Waals surface area contributed by atoms with Gasteiger partial charge < -0.3 is 9.47 Å². The lowest BCUT2D eigenvalue weighted by Gasteiger charge is -2.32. The second-order valence-corrected chi connectivity index (χ2v) is 5.63. The molecule has 2 nitrogen and oxygen atoms in total. The third-order valence-corrected chi connectivity index (χ3v) is 4.03. The maximum Gasteiger partial charge on any atom is 0.194 e. The highest BCUT2D eigenvalue weighted by Gasteiger charge is 2.31. The molecule has 120 valence electrons. The summed E-state index contributed by atoms with van der Waals surface area (Å²) < 4.78 is 11.8. The normalized spacial score (nSPS) is 14.0. The van der Waals surface area contributed by atoms with Gasteiger partial charge in [-0.05, 0) is 13.3 Å². The molecule has 1 unspecified atom stereocenters. The first kappa shape index (κ1) is 18.2. The second-order valence-electron chi connectivity index (χ2n) is 5.63. The first-order chi connectivity index (χ1) is 10.3. The Kier molecular flexibility index (Phi) is 9.36. The summed E-state index contributed by atoms with van der Waals surface area (Å²) in [5.74, 6) is -0.570. The molecule has 21 heavy (non-hydrogen) atoms. The Morgan fingerprint density at radius 3 is 2.05 bits per heavy atom. The SMILES string of the molecule is CCCCCCCCCC(OC)(OCC)c1ccccc1. The van der Waals surface area contributed by atoms with Crippen LogP contribution >= 0.6 is 0 Å². The molecule has 0 fully saturated rings. The summed E-state index contributed by atoms with van der Waals surface area (Å²) in [6.45, 7) is 4.95. The van der Waals surface area contributed by atoms with E-state index in [-0.39, 0.29) is 0 Å². The van der Waals surface area contributed by atoms with E-state index in [9.17, 15) is 0 Å². The number of hydrogen-bond acceptors (Lipinski definition) is 2. The van der Waals surface area contributed by atoms with Gasteiger partial charge >= 0.3 is 0 Å². The lowest BCUT2D eigenvalue weighted by molar-refractivity contribution is -0.234. The predicted molar refractivity (Wildman–Crippen MR) is 89.4 cm³/mol. The average molecular weight is 292 g/mol. The van der Waals surface area contributed by atoms with E-state index in [0.717, 1.165) is 18.4 Å². The quantitative estimate of drug-likeness (QED) is 0.365. The molecule has 0 bridgehead atoms. The molecule has 1 atom stereocenters. The summed E-state index contributed by atoms with van der Waals surface area (Å²) in [6, 6.07) is 10.3. The van der Waals surface area contributed by atoms with Crippen molar-refractivity contribution in [2.45, 2.75) is 71.0 Å². The molecule has 0 radical (unpaired) electrons. The zero-order valence-electron chi connectivity index (χ0n) is 14.1. The standard InChI is InChI=1S/C19H32O2/c1-4-6-7-8-9-10-14-17-19(20-3,21-5-2)18-15-12-11-13-16-18/h11-13,15-16H,4-10,14,17H2,1-3H3. The largest absolute Gasteiger partial charge is 0.349 e. The van der Waals surface area contributed by atoms with Crippen molar-refractivity contribution in [1.82, 2.24) is 0 Å². The van der Waals surface area contributed by atoms with E-state index in [4.69, 9.17) is 9.47 Å². The first-order valence-corrected chi connectivity index (χ1v) is 8.53. The van der Waals surface area contributed by atoms with E-state index in [1.807, 2.05) is 25.1 Å². The molecule has 0 heterocycles. The van der Waals surface area contributed by atoms with Crippen LogP contribution < -0.4 is 0 Å². The summed E-state index contributed by atoms with van der Waals surface area (Å²) in [5.41, 5.74) is 1.13. The van der Waals surface area contributed by atoms with Gasteiger partial charge in [0.15, 0.2) is 5.79 Å². The second kappa shape index (κ2) is 10.8. The van der Waals surface area contributed by atoms with E-state index >= 15 is 0 Å². The molecule has 0 saturated heterocycles. The molecule has 0 spiro atoms. The van der Waals surface area contributed by atoms with Crippen LogP contribution in [0, 0.1) is 0 Å². The number of methoxy groups -OCH3 is 1. The van der Waals surface area contributed by atoms with Gasteiger partial charge in [0.1, 0.15) is 0 Å². The van der Waals surface area contributed by atoms with Gasteiger partial charge in [-0.3, -0.25) is 0 Å². The van der Waals surface area contributed by atoms with Crippen LogP contribution in [0.4, 0.5) is 0 Å². The van der Waals surface area contributed by atoms with E-state index < -0.39 is 5.79 Å². The summed E-state index contributed by atoms with van der Waals surface area (Å²) in [6.07, 6.45) is 10.1. The summed E-state index contributed by atoms with van der Waals surface area (Å²) in [4.78, 5) is 0. The van der Waals surface area contributed by atoms with Gasteiger partial charge in [-0.25, -0.2) is 0 Å². The number of unbranched alkanes of at least 4 members (excludes halogenated alkanes) is 6. The summed E-state index contributed by atoms with van der Waals surface area (Å²) >= 11 is 0. The van der Waals surface area contributed by atoms with Gasteiger partial charge in [0.05, 0.1) is 0 Å². The van der Waals surface area contributed by atoms with Crippen LogP contribution in [0.3, 0.4) is 0 Å². The first-order valence-electron chi connectivity index (χ1n) is 8.53. The molecule has 0 aliphatic rings. The van der Waals surface area contributed by atoms with Crippen LogP contribution in [0.5, 0.6) is 0 Å². The fourth-order valence-electron chi connectivity index (χ4n) is 2.82. The van der Waals surface area contributed by atoms with Gasteiger partial charge in [0, 0.05) is 25.7 Å². The summed E-state index contributed by atoms with van der Waals surface area (Å²) in [7, 11) is 1.75. The molecule has 1 aromatic carbocycles. The highest BCUT2D eigenvalue weighted by atomic mass is 16.7. The fraction of sp³-hybridized carbons (Fsp3) is 0.684. The Bertz CT molecular complexity index is 350. The minimum atomic E-state index is -0.570. The smallest absolute Gasteiger partial charge is 0.194 e. The van der Waals surface area contributed by atoms with Crippen LogP contribution in [-0.2, 0) is 15.3 Å². The van der Waals surface area contributed by atoms with Crippen molar-refractivity contribution >= 4 is 0 Å². The minimum absolute atomic E-state index is 0.570. The molecule has 0 saturated carbocycles. The molecule has 0 aliphatic carbocycles. The maximum absolute atomic E-state index is 5.99. The molecule has 0 amide bonds. The predicted octanol–water partition coefficient (Wildman–Crippen LogP) is 5.66. The van der Waals surface area contributed by atoms with Crippen molar-refractivity contribution in [2.24, 2.45) is 0 Å². The average Bonchev–Trinajstić information content (AvgIpc) is 2.54. The van der Waals surface area contributed by atoms with Crippen molar-refractivity contribution in [2.75, 3.05) is 13.7 Å². The maximum atomic E-state index is 5.99. The van der Waals surface area contributed by atoms with Crippen LogP contribution in [0.2, 0.25) is 0 Å². The van der Waals surface area contributed by atoms with E-state index in [1.165, 1.54) is 38.5 Å². The Balaban J connectivity index is 2.47. The Hall–Kier alpha value is -0.860. The zero-order chi connectivity index (χ0) is 15.4. The molecular formula is C19H32O2. The number of rotatable bonds is 12. The van der Waals surface area contributed by atoms with Crippen LogP contribution in [0.25, 0.3) is 0 Å². The minimum Gasteiger partial charge on any atom is -0.349 e. The van der Waals surface area contributed by atoms with Crippen molar-refractivity contribution in [3.63, 3.8) is 0 Å². The molecule has 1 aromatic rings. The third-order valence-electron chi connectivity index (χ3n) is 4.03. The topological polar surface area (TPSA) is 18.5 Å². The third kappa shape index (κ3) is 6.19. The van der Waals surface area contributed by atoms with Gasteiger partial charge in [0.2, 0.25) is 0 Å². The van der Waals surface area contributed by atoms with E-state index in [1.54, 1.807) is 7.11 Å². The van der Waals surface area contributed by atoms with Crippen molar-refractivity contribution < 1.29 is 9.47 Å². The van der Waals surface area contributed by atoms with Crippen LogP contribution in [-0.4, -0.2) is 13.7 Å². The van der Waals surface area contributed by atoms with Gasteiger partial charge in [-0.2, -0.15) is 0 Å². The lowest BCUT2D eigenvalue weighted by atomic mass is 9.98. The van der Waals surface area contributed by atoms with Crippen molar-refractivity contribution in [3.8, 4) is 0 Å². The molecule has 0 aromatic heterocycles. The molecule has 0 aliphatic heterocycles. The summed E-state index contributed by atoms with van der Waals surface area (Å²) in [5, 5.41) is 0. The zero-order valence-corrected chi connectivity index (χ0v) is 14.1. The highest BCUT2D eigenvalue weighted by molar-refractivity contribution is 5.20. The number of ether oxygens (including phenoxy) is 2. The Morgan fingerprint density at radius 1 is 0.857 bits per heavy atom. The lowest BCUT2D eigenvalue weighted by Crippen LogP contribution is -2.32.